The van der Waals surface area contributed by atoms with E-state index in [1.165, 1.54) is 24.3 Å². The van der Waals surface area contributed by atoms with Crippen LogP contribution in [-0.4, -0.2) is 47.6 Å². The average molecular weight is 420 g/mol. The van der Waals surface area contributed by atoms with E-state index in [9.17, 15) is 18.4 Å². The van der Waals surface area contributed by atoms with Crippen LogP contribution in [0.2, 0.25) is 0 Å². The Balaban J connectivity index is 1.30. The van der Waals surface area contributed by atoms with Gasteiger partial charge in [0.1, 0.15) is 11.6 Å². The number of ether oxygens (including phenoxy) is 2. The number of nitrogens with one attached hydrogen (secondary N) is 2. The number of hydrogen-bond donors (Lipinski definition) is 2. The van der Waals surface area contributed by atoms with Crippen molar-refractivity contribution in [1.29, 1.82) is 0 Å². The third-order valence-electron chi connectivity index (χ3n) is 4.60. The van der Waals surface area contributed by atoms with E-state index in [1.807, 2.05) is 0 Å². The molecule has 30 heavy (non-hydrogen) atoms. The monoisotopic (exact) mass is 420 g/mol. The summed E-state index contributed by atoms with van der Waals surface area (Å²) in [4.78, 5) is 31.3. The minimum absolute atomic E-state index is 0.00356. The first-order chi connectivity index (χ1) is 14.5. The highest BCUT2D eigenvalue weighted by molar-refractivity contribution is 5.78. The van der Waals surface area contributed by atoms with Crippen molar-refractivity contribution in [3.05, 3.63) is 48.3 Å². The van der Waals surface area contributed by atoms with Gasteiger partial charge in [0.05, 0.1) is 12.4 Å². The van der Waals surface area contributed by atoms with E-state index >= 15 is 0 Å². The summed E-state index contributed by atoms with van der Waals surface area (Å²) in [5, 5.41) is 5.68. The molecule has 2 unspecified atom stereocenters. The molecule has 0 aromatic carbocycles. The van der Waals surface area contributed by atoms with Gasteiger partial charge in [0.25, 0.3) is 11.8 Å². The van der Waals surface area contributed by atoms with Crippen LogP contribution in [0.5, 0.6) is 11.8 Å². The zero-order valence-corrected chi connectivity index (χ0v) is 16.1. The summed E-state index contributed by atoms with van der Waals surface area (Å²) in [6.07, 6.45) is 4.44. The predicted molar refractivity (Wildman–Crippen MR) is 102 cm³/mol. The van der Waals surface area contributed by atoms with Crippen LogP contribution in [0.25, 0.3) is 0 Å². The number of hydrogen-bond acceptors (Lipinski definition) is 6. The molecule has 0 radical (unpaired) electrons. The van der Waals surface area contributed by atoms with Gasteiger partial charge in [-0.25, -0.2) is 18.7 Å². The molecular formula is C20H22F2N4O4. The smallest absolute Gasteiger partial charge is 0.258 e. The molecule has 2 N–H and O–H groups in total. The van der Waals surface area contributed by atoms with Crippen LogP contribution in [0, 0.1) is 17.6 Å². The normalized spacial score (nSPS) is 17.9. The van der Waals surface area contributed by atoms with Crippen molar-refractivity contribution in [2.24, 2.45) is 5.92 Å². The largest absolute Gasteiger partial charge is 0.468 e. The van der Waals surface area contributed by atoms with E-state index in [-0.39, 0.29) is 48.7 Å². The Labute approximate surface area is 172 Å². The summed E-state index contributed by atoms with van der Waals surface area (Å²) in [5.74, 6) is -0.944. The molecule has 1 fully saturated rings. The summed E-state index contributed by atoms with van der Waals surface area (Å²) in [6.45, 7) is 0.0625. The maximum atomic E-state index is 12.8. The minimum Gasteiger partial charge on any atom is -0.468 e. The summed E-state index contributed by atoms with van der Waals surface area (Å²) in [6, 6.07) is 5.12. The quantitative estimate of drug-likeness (QED) is 0.639. The van der Waals surface area contributed by atoms with E-state index in [0.29, 0.717) is 6.54 Å². The number of amides is 2. The van der Waals surface area contributed by atoms with Crippen LogP contribution in [0.15, 0.2) is 36.7 Å². The number of aromatic nitrogens is 2. The molecule has 2 amide bonds. The number of rotatable bonds is 9. The zero-order chi connectivity index (χ0) is 21.3. The minimum atomic E-state index is -0.478. The molecule has 2 heterocycles. The summed E-state index contributed by atoms with van der Waals surface area (Å²) >= 11 is 0. The van der Waals surface area contributed by atoms with Gasteiger partial charge in [0.15, 0.2) is 13.2 Å². The molecule has 2 aromatic heterocycles. The molecule has 8 nitrogen and oxygen atoms in total. The molecule has 3 rings (SSSR count). The van der Waals surface area contributed by atoms with Crippen LogP contribution in [0.3, 0.4) is 0 Å². The molecule has 2 atom stereocenters. The lowest BCUT2D eigenvalue weighted by molar-refractivity contribution is -0.124. The lowest BCUT2D eigenvalue weighted by Gasteiger charge is -2.14. The Hall–Kier alpha value is -3.30. The highest BCUT2D eigenvalue weighted by Gasteiger charge is 2.26. The van der Waals surface area contributed by atoms with Crippen molar-refractivity contribution < 1.29 is 27.8 Å². The van der Waals surface area contributed by atoms with Gasteiger partial charge in [0.2, 0.25) is 11.8 Å². The highest BCUT2D eigenvalue weighted by Crippen LogP contribution is 2.24. The molecule has 160 valence electrons. The van der Waals surface area contributed by atoms with Crippen molar-refractivity contribution in [2.45, 2.75) is 25.3 Å². The SMILES string of the molecule is O=C(COc1ccc(F)cn1)NCC1CCC(NC(=O)COc2ccc(F)cn2)C1. The first kappa shape index (κ1) is 21.4. The van der Waals surface area contributed by atoms with E-state index in [1.54, 1.807) is 0 Å². The highest BCUT2D eigenvalue weighted by atomic mass is 19.1. The molecule has 1 aliphatic rings. The maximum absolute atomic E-state index is 12.8. The van der Waals surface area contributed by atoms with Crippen molar-refractivity contribution in [2.75, 3.05) is 19.8 Å². The van der Waals surface area contributed by atoms with E-state index in [4.69, 9.17) is 9.47 Å². The van der Waals surface area contributed by atoms with Crippen molar-refractivity contribution >= 4 is 11.8 Å². The summed E-state index contributed by atoms with van der Waals surface area (Å²) < 4.78 is 36.0. The first-order valence-electron chi connectivity index (χ1n) is 9.52. The Morgan fingerprint density at radius 2 is 1.53 bits per heavy atom. The third kappa shape index (κ3) is 6.94. The van der Waals surface area contributed by atoms with E-state index in [0.717, 1.165) is 31.7 Å². The van der Waals surface area contributed by atoms with Crippen molar-refractivity contribution in [1.82, 2.24) is 20.6 Å². The maximum Gasteiger partial charge on any atom is 0.258 e. The fourth-order valence-electron chi connectivity index (χ4n) is 3.14. The number of pyridine rings is 2. The van der Waals surface area contributed by atoms with Gasteiger partial charge < -0.3 is 20.1 Å². The van der Waals surface area contributed by atoms with Gasteiger partial charge in [-0.1, -0.05) is 0 Å². The topological polar surface area (TPSA) is 102 Å². The standard InChI is InChI=1S/C20H22F2N4O4/c21-14-2-5-19(24-9-14)29-11-17(27)23-8-13-1-4-16(7-13)26-18(28)12-30-20-6-3-15(22)10-25-20/h2-3,5-6,9-10,13,16H,1,4,7-8,11-12H2,(H,23,27)(H,26,28). The van der Waals surface area contributed by atoms with Gasteiger partial charge in [-0.05, 0) is 37.3 Å². The first-order valence-corrected chi connectivity index (χ1v) is 9.52. The second-order valence-electron chi connectivity index (χ2n) is 6.95. The second-order valence-corrected chi connectivity index (χ2v) is 6.95. The number of carbonyl (C=O) groups excluding carboxylic acids is 2. The molecule has 0 saturated heterocycles. The van der Waals surface area contributed by atoms with Crippen LogP contribution in [0.4, 0.5) is 8.78 Å². The van der Waals surface area contributed by atoms with E-state index in [2.05, 4.69) is 20.6 Å². The van der Waals surface area contributed by atoms with Crippen molar-refractivity contribution in [3.63, 3.8) is 0 Å². The molecular weight excluding hydrogens is 398 g/mol. The Bertz CT molecular complexity index is 849. The predicted octanol–water partition coefficient (Wildman–Crippen LogP) is 1.61. The summed E-state index contributed by atoms with van der Waals surface area (Å²) in [5.41, 5.74) is 0. The Morgan fingerprint density at radius 3 is 2.10 bits per heavy atom. The van der Waals surface area contributed by atoms with Crippen molar-refractivity contribution in [3.8, 4) is 11.8 Å². The fraction of sp³-hybridized carbons (Fsp3) is 0.400. The van der Waals surface area contributed by atoms with Gasteiger partial charge in [-0.3, -0.25) is 9.59 Å². The Morgan fingerprint density at radius 1 is 0.933 bits per heavy atom. The molecule has 1 aliphatic carbocycles. The molecule has 0 aliphatic heterocycles. The molecule has 10 heteroatoms. The van der Waals surface area contributed by atoms with Gasteiger partial charge in [-0.15, -0.1) is 0 Å². The van der Waals surface area contributed by atoms with Crippen LogP contribution < -0.4 is 20.1 Å². The van der Waals surface area contributed by atoms with E-state index < -0.39 is 11.6 Å². The molecule has 0 bridgehead atoms. The van der Waals surface area contributed by atoms with Crippen LogP contribution >= 0.6 is 0 Å². The Kier molecular flexibility index (Phi) is 7.47. The lowest BCUT2D eigenvalue weighted by atomic mass is 10.1. The lowest BCUT2D eigenvalue weighted by Crippen LogP contribution is -2.37. The van der Waals surface area contributed by atoms with Gasteiger partial charge >= 0.3 is 0 Å². The zero-order valence-electron chi connectivity index (χ0n) is 16.1. The van der Waals surface area contributed by atoms with Gasteiger partial charge in [0, 0.05) is 24.7 Å². The number of nitrogens with zero attached hydrogens (tertiary/aromatic N) is 2. The second kappa shape index (κ2) is 10.5. The average Bonchev–Trinajstić information content (AvgIpc) is 3.18. The fourth-order valence-corrected chi connectivity index (χ4v) is 3.14. The number of carbonyl (C=O) groups is 2. The number of halogens is 2. The van der Waals surface area contributed by atoms with Crippen LogP contribution in [0.1, 0.15) is 19.3 Å². The molecule has 2 aromatic rings. The third-order valence-corrected chi connectivity index (χ3v) is 4.60. The summed E-state index contributed by atoms with van der Waals surface area (Å²) in [7, 11) is 0. The molecule has 1 saturated carbocycles. The van der Waals surface area contributed by atoms with Gasteiger partial charge in [-0.2, -0.15) is 0 Å². The molecule has 0 spiro atoms. The van der Waals surface area contributed by atoms with Crippen LogP contribution in [-0.2, 0) is 9.59 Å².